The van der Waals surface area contributed by atoms with E-state index < -0.39 is 0 Å². The Hall–Kier alpha value is -1.58. The van der Waals surface area contributed by atoms with Gasteiger partial charge >= 0.3 is 0 Å². The normalized spacial score (nSPS) is 11.9. The van der Waals surface area contributed by atoms with Crippen molar-refractivity contribution in [1.29, 1.82) is 0 Å². The van der Waals surface area contributed by atoms with Crippen molar-refractivity contribution in [3.63, 3.8) is 0 Å². The lowest BCUT2D eigenvalue weighted by Gasteiger charge is -2.09. The minimum Gasteiger partial charge on any atom is -0.491 e. The monoisotopic (exact) mass is 391 g/mol. The SMILES string of the molecule is CCC(C)C#Cc1ccc(OCCOCCOCCOCCNC(C)C)cc1. The van der Waals surface area contributed by atoms with Crippen LogP contribution < -0.4 is 10.1 Å². The molecule has 0 radical (unpaired) electrons. The summed E-state index contributed by atoms with van der Waals surface area (Å²) < 4.78 is 22.1. The third-order valence-corrected chi connectivity index (χ3v) is 3.97. The molecule has 0 aliphatic carbocycles. The summed E-state index contributed by atoms with van der Waals surface area (Å²) in [6.45, 7) is 13.5. The molecular formula is C23H37NO4. The fourth-order valence-corrected chi connectivity index (χ4v) is 2.12. The van der Waals surface area contributed by atoms with Crippen LogP contribution >= 0.6 is 0 Å². The Morgan fingerprint density at radius 3 is 1.96 bits per heavy atom. The van der Waals surface area contributed by atoms with Crippen LogP contribution in [0.4, 0.5) is 0 Å². The average molecular weight is 392 g/mol. The van der Waals surface area contributed by atoms with E-state index in [1.54, 1.807) is 0 Å². The molecule has 0 spiro atoms. The molecule has 1 N–H and O–H groups in total. The lowest BCUT2D eigenvalue weighted by Crippen LogP contribution is -2.27. The number of hydrogen-bond donors (Lipinski definition) is 1. The van der Waals surface area contributed by atoms with E-state index in [-0.39, 0.29) is 0 Å². The number of nitrogens with one attached hydrogen (secondary N) is 1. The predicted octanol–water partition coefficient (Wildman–Crippen LogP) is 3.51. The van der Waals surface area contributed by atoms with Crippen LogP contribution in [0.1, 0.15) is 39.7 Å². The Balaban J connectivity index is 1.95. The largest absolute Gasteiger partial charge is 0.491 e. The van der Waals surface area contributed by atoms with Gasteiger partial charge in [-0.25, -0.2) is 0 Å². The topological polar surface area (TPSA) is 49.0 Å². The molecule has 0 aliphatic heterocycles. The molecule has 1 aromatic carbocycles. The van der Waals surface area contributed by atoms with Gasteiger partial charge < -0.3 is 24.3 Å². The summed E-state index contributed by atoms with van der Waals surface area (Å²) in [5.74, 6) is 7.68. The quantitative estimate of drug-likeness (QED) is 0.366. The van der Waals surface area contributed by atoms with Crippen molar-refractivity contribution in [2.75, 3.05) is 52.8 Å². The van der Waals surface area contributed by atoms with Gasteiger partial charge in [0.2, 0.25) is 0 Å². The van der Waals surface area contributed by atoms with Crippen molar-refractivity contribution in [1.82, 2.24) is 5.32 Å². The summed E-state index contributed by atoms with van der Waals surface area (Å²) in [6.07, 6.45) is 1.07. The van der Waals surface area contributed by atoms with Gasteiger partial charge in [0.1, 0.15) is 12.4 Å². The van der Waals surface area contributed by atoms with Crippen LogP contribution in [0.15, 0.2) is 24.3 Å². The highest BCUT2D eigenvalue weighted by Crippen LogP contribution is 2.11. The van der Waals surface area contributed by atoms with Gasteiger partial charge in [0.15, 0.2) is 0 Å². The number of rotatable bonds is 15. The van der Waals surface area contributed by atoms with E-state index in [1.165, 1.54) is 0 Å². The summed E-state index contributed by atoms with van der Waals surface area (Å²) in [6, 6.07) is 8.36. The molecule has 5 nitrogen and oxygen atoms in total. The molecule has 28 heavy (non-hydrogen) atoms. The Morgan fingerprint density at radius 2 is 1.39 bits per heavy atom. The van der Waals surface area contributed by atoms with E-state index in [0.717, 1.165) is 24.3 Å². The second-order valence-corrected chi connectivity index (χ2v) is 6.90. The van der Waals surface area contributed by atoms with Crippen molar-refractivity contribution in [2.24, 2.45) is 5.92 Å². The maximum Gasteiger partial charge on any atom is 0.119 e. The van der Waals surface area contributed by atoms with E-state index >= 15 is 0 Å². The molecule has 1 aromatic rings. The van der Waals surface area contributed by atoms with Crippen molar-refractivity contribution in [2.45, 2.75) is 40.2 Å². The van der Waals surface area contributed by atoms with Crippen molar-refractivity contribution in [3.8, 4) is 17.6 Å². The van der Waals surface area contributed by atoms with Gasteiger partial charge in [-0.3, -0.25) is 0 Å². The molecular weight excluding hydrogens is 354 g/mol. The highest BCUT2D eigenvalue weighted by atomic mass is 16.6. The molecule has 1 atom stereocenters. The van der Waals surface area contributed by atoms with Crippen LogP contribution in [0.25, 0.3) is 0 Å². The van der Waals surface area contributed by atoms with Gasteiger partial charge in [-0.1, -0.05) is 39.5 Å². The van der Waals surface area contributed by atoms with Gasteiger partial charge in [-0.15, -0.1) is 0 Å². The van der Waals surface area contributed by atoms with Gasteiger partial charge in [0.25, 0.3) is 0 Å². The Kier molecular flexibility index (Phi) is 14.3. The number of benzene rings is 1. The maximum absolute atomic E-state index is 5.67. The van der Waals surface area contributed by atoms with Gasteiger partial charge in [0, 0.05) is 24.1 Å². The first-order valence-electron chi connectivity index (χ1n) is 10.3. The predicted molar refractivity (Wildman–Crippen MR) is 114 cm³/mol. The van der Waals surface area contributed by atoms with E-state index in [9.17, 15) is 0 Å². The summed E-state index contributed by atoms with van der Waals surface area (Å²) in [5, 5.41) is 3.30. The lowest BCUT2D eigenvalue weighted by atomic mass is 10.1. The highest BCUT2D eigenvalue weighted by molar-refractivity contribution is 5.38. The van der Waals surface area contributed by atoms with Crippen LogP contribution in [0, 0.1) is 17.8 Å². The lowest BCUT2D eigenvalue weighted by molar-refractivity contribution is 0.00971. The Bertz CT molecular complexity index is 548. The van der Waals surface area contributed by atoms with E-state index in [1.807, 2.05) is 24.3 Å². The molecule has 0 amide bonds. The second-order valence-electron chi connectivity index (χ2n) is 6.90. The molecule has 0 saturated heterocycles. The van der Waals surface area contributed by atoms with Crippen LogP contribution in [0.2, 0.25) is 0 Å². The first-order chi connectivity index (χ1) is 13.6. The van der Waals surface area contributed by atoms with Gasteiger partial charge in [-0.2, -0.15) is 0 Å². The smallest absolute Gasteiger partial charge is 0.119 e. The molecule has 0 aliphatic rings. The molecule has 0 bridgehead atoms. The van der Waals surface area contributed by atoms with Crippen LogP contribution in [0.5, 0.6) is 5.75 Å². The van der Waals surface area contributed by atoms with E-state index in [2.05, 4.69) is 44.9 Å². The molecule has 0 heterocycles. The standard InChI is InChI=1S/C23H37NO4/c1-5-21(4)6-7-22-8-10-23(11-9-22)28-19-18-27-17-16-26-15-14-25-13-12-24-20(2)3/h8-11,20-21,24H,5,12-19H2,1-4H3. The Labute approximate surface area is 171 Å². The summed E-state index contributed by atoms with van der Waals surface area (Å²) in [4.78, 5) is 0. The number of ether oxygens (including phenoxy) is 4. The van der Waals surface area contributed by atoms with E-state index in [4.69, 9.17) is 18.9 Å². The zero-order valence-corrected chi connectivity index (χ0v) is 18.0. The molecule has 1 rings (SSSR count). The van der Waals surface area contributed by atoms with Crippen molar-refractivity contribution in [3.05, 3.63) is 29.8 Å². The molecule has 1 unspecified atom stereocenters. The fourth-order valence-electron chi connectivity index (χ4n) is 2.12. The third kappa shape index (κ3) is 13.6. The third-order valence-electron chi connectivity index (χ3n) is 3.97. The van der Waals surface area contributed by atoms with Gasteiger partial charge in [0.05, 0.1) is 39.6 Å². The summed E-state index contributed by atoms with van der Waals surface area (Å²) in [5.41, 5.74) is 1.02. The highest BCUT2D eigenvalue weighted by Gasteiger charge is 1.96. The van der Waals surface area contributed by atoms with Gasteiger partial charge in [-0.05, 0) is 30.7 Å². The van der Waals surface area contributed by atoms with Crippen LogP contribution in [-0.2, 0) is 14.2 Å². The molecule has 0 fully saturated rings. The zero-order chi connectivity index (χ0) is 20.5. The first-order valence-corrected chi connectivity index (χ1v) is 10.3. The molecule has 158 valence electrons. The first kappa shape index (κ1) is 24.5. The molecule has 0 saturated carbocycles. The number of hydrogen-bond acceptors (Lipinski definition) is 5. The zero-order valence-electron chi connectivity index (χ0n) is 18.0. The maximum atomic E-state index is 5.67. The minimum absolute atomic E-state index is 0.427. The summed E-state index contributed by atoms with van der Waals surface area (Å²) in [7, 11) is 0. The Morgan fingerprint density at radius 1 is 0.821 bits per heavy atom. The fraction of sp³-hybridized carbons (Fsp3) is 0.652. The van der Waals surface area contributed by atoms with Crippen LogP contribution in [0.3, 0.4) is 0 Å². The van der Waals surface area contributed by atoms with Crippen molar-refractivity contribution < 1.29 is 18.9 Å². The molecule has 5 heteroatoms. The van der Waals surface area contributed by atoms with Crippen molar-refractivity contribution >= 4 is 0 Å². The van der Waals surface area contributed by atoms with E-state index in [0.29, 0.717) is 58.2 Å². The minimum atomic E-state index is 0.427. The molecule has 0 aromatic heterocycles. The summed E-state index contributed by atoms with van der Waals surface area (Å²) >= 11 is 0. The second kappa shape index (κ2) is 16.4. The van der Waals surface area contributed by atoms with Crippen LogP contribution in [-0.4, -0.2) is 58.8 Å². The average Bonchev–Trinajstić information content (AvgIpc) is 2.70.